The van der Waals surface area contributed by atoms with Gasteiger partial charge in [0.2, 0.25) is 11.7 Å². The van der Waals surface area contributed by atoms with Crippen LogP contribution < -0.4 is 10.2 Å². The Bertz CT molecular complexity index is 1360. The number of aromatic amines is 1. The van der Waals surface area contributed by atoms with E-state index in [-0.39, 0.29) is 5.78 Å². The number of ketones is 1. The normalized spacial score (nSPS) is 16.2. The minimum absolute atomic E-state index is 0.0326. The van der Waals surface area contributed by atoms with Crippen molar-refractivity contribution < 1.29 is 4.79 Å². The SMILES string of the molecule is Cn1ccnc1C(=O)Cc1ccc(CN2CCN(c3nccc(Nc4cc(C5CC5)[nH]n4)n3)CC2)cc1. The van der Waals surface area contributed by atoms with Gasteiger partial charge in [-0.1, -0.05) is 24.3 Å². The lowest BCUT2D eigenvalue weighted by molar-refractivity contribution is 0.0980. The number of rotatable bonds is 9. The average molecular weight is 498 g/mol. The molecule has 190 valence electrons. The highest BCUT2D eigenvalue weighted by molar-refractivity contribution is 5.94. The third kappa shape index (κ3) is 5.54. The molecule has 1 saturated carbocycles. The lowest BCUT2D eigenvalue weighted by Gasteiger charge is -2.34. The van der Waals surface area contributed by atoms with Crippen LogP contribution in [0.4, 0.5) is 17.6 Å². The van der Waals surface area contributed by atoms with Crippen molar-refractivity contribution in [2.45, 2.75) is 31.7 Å². The largest absolute Gasteiger partial charge is 0.338 e. The molecule has 10 heteroatoms. The molecule has 0 bridgehead atoms. The van der Waals surface area contributed by atoms with Crippen LogP contribution >= 0.6 is 0 Å². The van der Waals surface area contributed by atoms with E-state index in [1.165, 1.54) is 24.1 Å². The fourth-order valence-corrected chi connectivity index (χ4v) is 4.73. The molecule has 2 N–H and O–H groups in total. The van der Waals surface area contributed by atoms with Gasteiger partial charge in [0.15, 0.2) is 11.6 Å². The summed E-state index contributed by atoms with van der Waals surface area (Å²) in [6.07, 6.45) is 8.08. The molecule has 1 aliphatic heterocycles. The lowest BCUT2D eigenvalue weighted by Crippen LogP contribution is -2.46. The predicted octanol–water partition coefficient (Wildman–Crippen LogP) is 3.30. The van der Waals surface area contributed by atoms with Gasteiger partial charge in [-0.25, -0.2) is 9.97 Å². The number of hydrogen-bond donors (Lipinski definition) is 2. The molecule has 10 nitrogen and oxygen atoms in total. The van der Waals surface area contributed by atoms with Crippen molar-refractivity contribution in [3.63, 3.8) is 0 Å². The Morgan fingerprint density at radius 1 is 1.00 bits per heavy atom. The number of hydrogen-bond acceptors (Lipinski definition) is 8. The molecule has 1 aliphatic carbocycles. The maximum atomic E-state index is 12.5. The highest BCUT2D eigenvalue weighted by Crippen LogP contribution is 2.39. The van der Waals surface area contributed by atoms with Crippen LogP contribution in [0.2, 0.25) is 0 Å². The Morgan fingerprint density at radius 2 is 1.78 bits per heavy atom. The van der Waals surface area contributed by atoms with Gasteiger partial charge in [-0.3, -0.25) is 14.8 Å². The number of carbonyl (C=O) groups excluding carboxylic acids is 1. The molecule has 3 aromatic heterocycles. The van der Waals surface area contributed by atoms with E-state index in [0.29, 0.717) is 18.2 Å². The van der Waals surface area contributed by atoms with Gasteiger partial charge >= 0.3 is 0 Å². The zero-order chi connectivity index (χ0) is 25.2. The van der Waals surface area contributed by atoms with Crippen LogP contribution in [-0.2, 0) is 20.0 Å². The molecule has 0 radical (unpaired) electrons. The molecule has 2 aliphatic rings. The van der Waals surface area contributed by atoms with Crippen LogP contribution in [-0.4, -0.2) is 66.6 Å². The summed E-state index contributed by atoms with van der Waals surface area (Å²) in [5.41, 5.74) is 3.44. The predicted molar refractivity (Wildman–Crippen MR) is 141 cm³/mol. The Labute approximate surface area is 215 Å². The van der Waals surface area contributed by atoms with E-state index in [1.54, 1.807) is 23.2 Å². The number of imidazole rings is 1. The lowest BCUT2D eigenvalue weighted by atomic mass is 10.1. The highest BCUT2D eigenvalue weighted by atomic mass is 16.1. The van der Waals surface area contributed by atoms with Crippen molar-refractivity contribution in [2.24, 2.45) is 7.05 Å². The third-order valence-corrected chi connectivity index (χ3v) is 7.03. The maximum absolute atomic E-state index is 12.5. The molecule has 0 spiro atoms. The molecule has 2 fully saturated rings. The van der Waals surface area contributed by atoms with Crippen LogP contribution in [0.25, 0.3) is 0 Å². The number of benzene rings is 1. The molecule has 1 saturated heterocycles. The fourth-order valence-electron chi connectivity index (χ4n) is 4.73. The van der Waals surface area contributed by atoms with E-state index >= 15 is 0 Å². The van der Waals surface area contributed by atoms with Crippen molar-refractivity contribution in [3.8, 4) is 0 Å². The molecule has 0 amide bonds. The van der Waals surface area contributed by atoms with Crippen molar-refractivity contribution in [3.05, 3.63) is 77.6 Å². The highest BCUT2D eigenvalue weighted by Gasteiger charge is 2.25. The summed E-state index contributed by atoms with van der Waals surface area (Å²) in [7, 11) is 1.84. The number of Topliss-reactive ketones (excluding diaryl/α,β-unsaturated/α-hetero) is 1. The number of aryl methyl sites for hydroxylation is 1. The number of aromatic nitrogens is 6. The molecule has 37 heavy (non-hydrogen) atoms. The second-order valence-electron chi connectivity index (χ2n) is 9.89. The average Bonchev–Trinajstić information content (AvgIpc) is 3.51. The topological polar surface area (TPSA) is 108 Å². The molecular weight excluding hydrogens is 466 g/mol. The molecule has 4 aromatic rings. The number of piperazine rings is 1. The minimum Gasteiger partial charge on any atom is -0.338 e. The van der Waals surface area contributed by atoms with E-state index < -0.39 is 0 Å². The van der Waals surface area contributed by atoms with Crippen LogP contribution in [0, 0.1) is 0 Å². The third-order valence-electron chi connectivity index (χ3n) is 7.03. The van der Waals surface area contributed by atoms with E-state index in [1.807, 2.05) is 25.2 Å². The van der Waals surface area contributed by atoms with Crippen LogP contribution in [0.15, 0.2) is 55.0 Å². The second-order valence-corrected chi connectivity index (χ2v) is 9.89. The molecular formula is C27H31N9O. The molecule has 6 rings (SSSR count). The second kappa shape index (κ2) is 10.1. The first-order chi connectivity index (χ1) is 18.1. The van der Waals surface area contributed by atoms with Gasteiger partial charge in [0.25, 0.3) is 0 Å². The monoisotopic (exact) mass is 497 g/mol. The van der Waals surface area contributed by atoms with E-state index in [0.717, 1.165) is 55.9 Å². The van der Waals surface area contributed by atoms with Gasteiger partial charge < -0.3 is 14.8 Å². The Morgan fingerprint density at radius 3 is 2.51 bits per heavy atom. The first kappa shape index (κ1) is 23.4. The van der Waals surface area contributed by atoms with E-state index in [4.69, 9.17) is 4.98 Å². The van der Waals surface area contributed by atoms with Crippen LogP contribution in [0.5, 0.6) is 0 Å². The summed E-state index contributed by atoms with van der Waals surface area (Å²) in [6.45, 7) is 4.49. The minimum atomic E-state index is 0.0326. The Balaban J connectivity index is 0.999. The van der Waals surface area contributed by atoms with Crippen molar-refractivity contribution in [1.82, 2.24) is 34.6 Å². The Hall–Kier alpha value is -4.05. The first-order valence-electron chi connectivity index (χ1n) is 12.8. The van der Waals surface area contributed by atoms with Crippen LogP contribution in [0.3, 0.4) is 0 Å². The number of carbonyl (C=O) groups is 1. The smallest absolute Gasteiger partial charge is 0.227 e. The molecule has 1 aromatic carbocycles. The Kier molecular flexibility index (Phi) is 6.40. The van der Waals surface area contributed by atoms with Crippen molar-refractivity contribution in [1.29, 1.82) is 0 Å². The fraction of sp³-hybridized carbons (Fsp3) is 0.370. The van der Waals surface area contributed by atoms with Gasteiger partial charge in [-0.2, -0.15) is 10.1 Å². The number of anilines is 3. The number of H-pyrrole nitrogens is 1. The van der Waals surface area contributed by atoms with Gasteiger partial charge in [0, 0.05) is 82.5 Å². The van der Waals surface area contributed by atoms with Gasteiger partial charge in [0.05, 0.1) is 0 Å². The summed E-state index contributed by atoms with van der Waals surface area (Å²) in [6, 6.07) is 12.3. The van der Waals surface area contributed by atoms with Gasteiger partial charge in [-0.05, 0) is 30.0 Å². The number of nitrogens with one attached hydrogen (secondary N) is 2. The molecule has 4 heterocycles. The zero-order valence-corrected chi connectivity index (χ0v) is 21.0. The van der Waals surface area contributed by atoms with Gasteiger partial charge in [-0.15, -0.1) is 0 Å². The first-order valence-corrected chi connectivity index (χ1v) is 12.8. The van der Waals surface area contributed by atoms with Crippen molar-refractivity contribution in [2.75, 3.05) is 36.4 Å². The van der Waals surface area contributed by atoms with Crippen molar-refractivity contribution >= 4 is 23.4 Å². The molecule has 0 atom stereocenters. The summed E-state index contributed by atoms with van der Waals surface area (Å²) < 4.78 is 1.76. The summed E-state index contributed by atoms with van der Waals surface area (Å²) in [5, 5.41) is 10.8. The molecule has 0 unspecified atom stereocenters. The summed E-state index contributed by atoms with van der Waals surface area (Å²) >= 11 is 0. The summed E-state index contributed by atoms with van der Waals surface area (Å²) in [4.78, 5) is 30.5. The standard InChI is InChI=1S/C27H31N9O/c1-34-11-10-28-26(34)23(37)16-19-2-4-20(5-3-19)18-35-12-14-36(15-13-35)27-29-9-8-24(31-27)30-25-17-22(32-33-25)21-6-7-21/h2-5,8-11,17,21H,6-7,12-16,18H2,1H3,(H2,29,30,31,32,33). The summed E-state index contributed by atoms with van der Waals surface area (Å²) in [5.74, 6) is 3.45. The van der Waals surface area contributed by atoms with E-state index in [9.17, 15) is 4.79 Å². The zero-order valence-electron chi connectivity index (χ0n) is 21.0. The maximum Gasteiger partial charge on any atom is 0.227 e. The van der Waals surface area contributed by atoms with Crippen LogP contribution in [0.1, 0.15) is 46.2 Å². The van der Waals surface area contributed by atoms with Gasteiger partial charge in [0.1, 0.15) is 5.82 Å². The van der Waals surface area contributed by atoms with E-state index in [2.05, 4.69) is 53.5 Å². The quantitative estimate of drug-likeness (QED) is 0.339. The number of nitrogens with zero attached hydrogens (tertiary/aromatic N) is 7.